The normalized spacial score (nSPS) is 14.9. The third kappa shape index (κ3) is 9.25. The molecular weight excluding hydrogens is 416 g/mol. The highest BCUT2D eigenvalue weighted by Gasteiger charge is 2.29. The van der Waals surface area contributed by atoms with Gasteiger partial charge in [0.25, 0.3) is 0 Å². The van der Waals surface area contributed by atoms with E-state index in [4.69, 9.17) is 15.9 Å². The van der Waals surface area contributed by atoms with Crippen LogP contribution in [0.4, 0.5) is 0 Å². The van der Waals surface area contributed by atoms with E-state index in [2.05, 4.69) is 35.9 Å². The zero-order chi connectivity index (χ0) is 21.9. The first-order valence-electron chi connectivity index (χ1n) is 8.01. The molecule has 8 N–H and O–H groups in total. The largest absolute Gasteiger partial charge is 0.481 e. The van der Waals surface area contributed by atoms with Crippen molar-refractivity contribution in [2.24, 2.45) is 5.73 Å². The number of nitrogens with one attached hydrogen (secondary N) is 3. The number of rotatable bonds is 13. The third-order valence-corrected chi connectivity index (χ3v) is 4.18. The van der Waals surface area contributed by atoms with Crippen LogP contribution in [0.5, 0.6) is 0 Å². The number of thiol groups is 2. The fourth-order valence-electron chi connectivity index (χ4n) is 1.82. The van der Waals surface area contributed by atoms with Gasteiger partial charge in [0.2, 0.25) is 17.7 Å². The topological polar surface area (TPSA) is 208 Å². The molecule has 0 spiro atoms. The van der Waals surface area contributed by atoms with E-state index in [9.17, 15) is 29.1 Å². The fraction of sp³-hybridized carbons (Fsp3) is 0.643. The standard InChI is InChI=1S/C14H24N4O8S2/c15-6(4-27)11(22)18-9(5-28)13(24)17-8(3-19)12(23)16-7(14(25)26)1-2-10(20)21/h6-9,19,27-28H,1-5,15H2,(H,16,23)(H,17,24)(H,18,22)(H,20,21)(H,25,26). The minimum Gasteiger partial charge on any atom is -0.481 e. The highest BCUT2D eigenvalue weighted by Crippen LogP contribution is 2.00. The number of aliphatic hydroxyl groups excluding tert-OH is 1. The number of aliphatic hydroxyl groups is 1. The minimum absolute atomic E-state index is 0.0291. The van der Waals surface area contributed by atoms with Crippen LogP contribution in [0.1, 0.15) is 12.8 Å². The van der Waals surface area contributed by atoms with Gasteiger partial charge in [-0.15, -0.1) is 0 Å². The lowest BCUT2D eigenvalue weighted by Crippen LogP contribution is -2.58. The van der Waals surface area contributed by atoms with Gasteiger partial charge in [0.05, 0.1) is 12.6 Å². The highest BCUT2D eigenvalue weighted by atomic mass is 32.1. The predicted molar refractivity (Wildman–Crippen MR) is 103 cm³/mol. The van der Waals surface area contributed by atoms with Gasteiger partial charge in [0.15, 0.2) is 0 Å². The van der Waals surface area contributed by atoms with E-state index in [1.807, 2.05) is 5.32 Å². The van der Waals surface area contributed by atoms with Crippen molar-refractivity contribution in [1.82, 2.24) is 16.0 Å². The molecule has 0 rings (SSSR count). The lowest BCUT2D eigenvalue weighted by molar-refractivity contribution is -0.143. The summed E-state index contributed by atoms with van der Waals surface area (Å²) >= 11 is 7.79. The van der Waals surface area contributed by atoms with E-state index < -0.39 is 66.9 Å². The van der Waals surface area contributed by atoms with Crippen LogP contribution in [0.2, 0.25) is 0 Å². The quantitative estimate of drug-likeness (QED) is 0.130. The number of hydrogen-bond donors (Lipinski definition) is 9. The Bertz CT molecular complexity index is 592. The lowest BCUT2D eigenvalue weighted by atomic mass is 10.1. The van der Waals surface area contributed by atoms with Gasteiger partial charge in [-0.05, 0) is 6.42 Å². The average Bonchev–Trinajstić information content (AvgIpc) is 2.65. The molecule has 0 fully saturated rings. The van der Waals surface area contributed by atoms with Crippen LogP contribution in [-0.4, -0.2) is 87.3 Å². The van der Waals surface area contributed by atoms with Crippen LogP contribution in [0.3, 0.4) is 0 Å². The summed E-state index contributed by atoms with van der Waals surface area (Å²) in [6.45, 7) is -0.869. The molecular formula is C14H24N4O8S2. The maximum atomic E-state index is 12.2. The number of hydrogen-bond acceptors (Lipinski definition) is 9. The van der Waals surface area contributed by atoms with Crippen LogP contribution < -0.4 is 21.7 Å². The summed E-state index contributed by atoms with van der Waals surface area (Å²) < 4.78 is 0. The molecule has 14 heteroatoms. The van der Waals surface area contributed by atoms with E-state index in [1.54, 1.807) is 0 Å². The third-order valence-electron chi connectivity index (χ3n) is 3.43. The Labute approximate surface area is 171 Å². The van der Waals surface area contributed by atoms with Gasteiger partial charge in [-0.2, -0.15) is 25.3 Å². The molecule has 0 aromatic carbocycles. The second kappa shape index (κ2) is 13.2. The Morgan fingerprint density at radius 2 is 1.32 bits per heavy atom. The molecule has 0 saturated heterocycles. The minimum atomic E-state index is -1.53. The molecule has 0 saturated carbocycles. The van der Waals surface area contributed by atoms with Gasteiger partial charge >= 0.3 is 11.9 Å². The van der Waals surface area contributed by atoms with E-state index in [0.29, 0.717) is 0 Å². The molecule has 0 radical (unpaired) electrons. The van der Waals surface area contributed by atoms with Gasteiger partial charge in [-0.25, -0.2) is 4.79 Å². The molecule has 4 atom stereocenters. The fourth-order valence-corrected chi connectivity index (χ4v) is 2.24. The summed E-state index contributed by atoms with van der Waals surface area (Å²) in [6, 6.07) is -5.20. The molecule has 0 aliphatic carbocycles. The van der Waals surface area contributed by atoms with Crippen LogP contribution in [0.25, 0.3) is 0 Å². The van der Waals surface area contributed by atoms with Gasteiger partial charge in [0, 0.05) is 17.9 Å². The van der Waals surface area contributed by atoms with Crippen molar-refractivity contribution in [2.45, 2.75) is 37.0 Å². The Morgan fingerprint density at radius 3 is 1.75 bits per heavy atom. The molecule has 12 nitrogen and oxygen atoms in total. The smallest absolute Gasteiger partial charge is 0.326 e. The molecule has 0 aliphatic rings. The maximum Gasteiger partial charge on any atom is 0.326 e. The Morgan fingerprint density at radius 1 is 0.821 bits per heavy atom. The van der Waals surface area contributed by atoms with Gasteiger partial charge in [0.1, 0.15) is 18.1 Å². The molecule has 0 bridgehead atoms. The molecule has 0 aliphatic heterocycles. The molecule has 3 amide bonds. The number of carbonyl (C=O) groups excluding carboxylic acids is 3. The number of amides is 3. The molecule has 28 heavy (non-hydrogen) atoms. The van der Waals surface area contributed by atoms with Gasteiger partial charge in [-0.1, -0.05) is 0 Å². The summed E-state index contributed by atoms with van der Waals surface area (Å²) in [4.78, 5) is 57.7. The predicted octanol–water partition coefficient (Wildman–Crippen LogP) is -3.43. The van der Waals surface area contributed by atoms with Crippen LogP contribution in [-0.2, 0) is 24.0 Å². The summed E-state index contributed by atoms with van der Waals surface area (Å²) in [5.74, 6) is -5.41. The van der Waals surface area contributed by atoms with Gasteiger partial charge < -0.3 is 37.0 Å². The van der Waals surface area contributed by atoms with E-state index in [0.717, 1.165) is 0 Å². The van der Waals surface area contributed by atoms with Crippen molar-refractivity contribution in [1.29, 1.82) is 0 Å². The zero-order valence-corrected chi connectivity index (χ0v) is 16.5. The Hall–Kier alpha value is -2.03. The van der Waals surface area contributed by atoms with Crippen molar-refractivity contribution >= 4 is 54.9 Å². The summed E-state index contributed by atoms with van der Waals surface area (Å²) in [6.07, 6.45) is -0.897. The second-order valence-corrected chi connectivity index (χ2v) is 6.34. The molecule has 0 aromatic rings. The van der Waals surface area contributed by atoms with E-state index >= 15 is 0 Å². The van der Waals surface area contributed by atoms with E-state index in [1.165, 1.54) is 0 Å². The van der Waals surface area contributed by atoms with Crippen molar-refractivity contribution in [3.63, 3.8) is 0 Å². The first-order chi connectivity index (χ1) is 13.1. The number of carboxylic acids is 2. The highest BCUT2D eigenvalue weighted by molar-refractivity contribution is 7.80. The SMILES string of the molecule is NC(CS)C(=O)NC(CS)C(=O)NC(CO)C(=O)NC(CCC(=O)O)C(=O)O. The zero-order valence-electron chi connectivity index (χ0n) is 14.7. The number of carboxylic acid groups (broad SMARTS) is 2. The number of nitrogens with two attached hydrogens (primary N) is 1. The average molecular weight is 441 g/mol. The monoisotopic (exact) mass is 440 g/mol. The first kappa shape index (κ1) is 26.0. The van der Waals surface area contributed by atoms with E-state index in [-0.39, 0.29) is 17.9 Å². The van der Waals surface area contributed by atoms with Crippen LogP contribution in [0, 0.1) is 0 Å². The first-order valence-corrected chi connectivity index (χ1v) is 9.27. The van der Waals surface area contributed by atoms with Gasteiger partial charge in [-0.3, -0.25) is 19.2 Å². The number of aliphatic carboxylic acids is 2. The molecule has 4 unspecified atom stereocenters. The maximum absolute atomic E-state index is 12.2. The Balaban J connectivity index is 4.96. The summed E-state index contributed by atoms with van der Waals surface area (Å²) in [5.41, 5.74) is 5.48. The lowest BCUT2D eigenvalue weighted by Gasteiger charge is -2.23. The summed E-state index contributed by atoms with van der Waals surface area (Å²) in [7, 11) is 0. The molecule has 0 heterocycles. The van der Waals surface area contributed by atoms with Crippen molar-refractivity contribution < 1.29 is 39.3 Å². The second-order valence-electron chi connectivity index (χ2n) is 5.61. The van der Waals surface area contributed by atoms with Crippen LogP contribution in [0.15, 0.2) is 0 Å². The summed E-state index contributed by atoms with van der Waals surface area (Å²) in [5, 5.41) is 33.5. The number of carbonyl (C=O) groups is 5. The van der Waals surface area contributed by atoms with Crippen molar-refractivity contribution in [3.8, 4) is 0 Å². The molecule has 0 aromatic heterocycles. The van der Waals surface area contributed by atoms with Crippen molar-refractivity contribution in [3.05, 3.63) is 0 Å². The van der Waals surface area contributed by atoms with Crippen molar-refractivity contribution in [2.75, 3.05) is 18.1 Å². The Kier molecular flexibility index (Phi) is 12.2. The molecule has 160 valence electrons. The van der Waals surface area contributed by atoms with Crippen LogP contribution >= 0.6 is 25.3 Å².